The number of rotatable bonds is 6. The van der Waals surface area contributed by atoms with Crippen molar-refractivity contribution in [1.29, 1.82) is 0 Å². The largest absolute Gasteiger partial charge is 0.494 e. The number of anilines is 2. The highest BCUT2D eigenvalue weighted by molar-refractivity contribution is 5.74. The van der Waals surface area contributed by atoms with Crippen LogP contribution >= 0.6 is 0 Å². The molecule has 1 rings (SSSR count). The minimum Gasteiger partial charge on any atom is -0.494 e. The van der Waals surface area contributed by atoms with Gasteiger partial charge in [0, 0.05) is 20.2 Å². The average Bonchev–Trinajstić information content (AvgIpc) is 2.30. The van der Waals surface area contributed by atoms with Gasteiger partial charge < -0.3 is 26.3 Å². The summed E-state index contributed by atoms with van der Waals surface area (Å²) < 4.78 is 10.2. The third-order valence-corrected chi connectivity index (χ3v) is 2.26. The van der Waals surface area contributed by atoms with Crippen LogP contribution < -0.4 is 21.5 Å². The Balaban J connectivity index is 2.88. The molecular formula is C11H19N3O2. The van der Waals surface area contributed by atoms with Gasteiger partial charge in [-0.2, -0.15) is 0 Å². The zero-order valence-electron chi connectivity index (χ0n) is 9.75. The lowest BCUT2D eigenvalue weighted by Crippen LogP contribution is -2.11. The Morgan fingerprint density at radius 2 is 2.06 bits per heavy atom. The van der Waals surface area contributed by atoms with Crippen LogP contribution in [0.2, 0.25) is 0 Å². The molecule has 0 heterocycles. The van der Waals surface area contributed by atoms with E-state index in [2.05, 4.69) is 5.32 Å². The lowest BCUT2D eigenvalue weighted by Gasteiger charge is -2.14. The molecule has 0 saturated carbocycles. The molecule has 0 aliphatic carbocycles. The molecular weight excluding hydrogens is 206 g/mol. The van der Waals surface area contributed by atoms with Gasteiger partial charge in [-0.3, -0.25) is 0 Å². The highest BCUT2D eigenvalue weighted by Gasteiger charge is 2.08. The second kappa shape index (κ2) is 6.19. The van der Waals surface area contributed by atoms with Gasteiger partial charge in [0.1, 0.15) is 11.4 Å². The molecule has 5 heteroatoms. The molecule has 0 aromatic heterocycles. The average molecular weight is 225 g/mol. The van der Waals surface area contributed by atoms with Gasteiger partial charge in [-0.1, -0.05) is 0 Å². The van der Waals surface area contributed by atoms with E-state index in [9.17, 15) is 0 Å². The van der Waals surface area contributed by atoms with Crippen molar-refractivity contribution >= 4 is 11.4 Å². The van der Waals surface area contributed by atoms with Crippen LogP contribution in [0.4, 0.5) is 11.4 Å². The fraction of sp³-hybridized carbons (Fsp3) is 0.455. The summed E-state index contributed by atoms with van der Waals surface area (Å²) in [5.74, 6) is 0.705. The minimum atomic E-state index is 0.443. The maximum atomic E-state index is 5.92. The van der Waals surface area contributed by atoms with Gasteiger partial charge in [0.25, 0.3) is 0 Å². The summed E-state index contributed by atoms with van der Waals surface area (Å²) >= 11 is 0. The number of methoxy groups -OCH3 is 2. The van der Waals surface area contributed by atoms with Gasteiger partial charge >= 0.3 is 0 Å². The molecule has 1 aromatic rings. The molecule has 0 spiro atoms. The van der Waals surface area contributed by atoms with Crippen LogP contribution in [0.5, 0.6) is 5.75 Å². The van der Waals surface area contributed by atoms with Gasteiger partial charge in [0.05, 0.1) is 19.4 Å². The lowest BCUT2D eigenvalue weighted by molar-refractivity contribution is 0.210. The van der Waals surface area contributed by atoms with Crippen molar-refractivity contribution in [2.45, 2.75) is 6.54 Å². The molecule has 5 N–H and O–H groups in total. The highest BCUT2D eigenvalue weighted by atomic mass is 16.5. The zero-order chi connectivity index (χ0) is 12.0. The van der Waals surface area contributed by atoms with E-state index in [0.717, 1.165) is 11.3 Å². The molecule has 16 heavy (non-hydrogen) atoms. The molecule has 0 saturated heterocycles. The number of benzene rings is 1. The number of nitrogen functional groups attached to an aromatic ring is 1. The first kappa shape index (κ1) is 12.6. The standard InChI is InChI=1S/C11H19N3O2/c1-15-4-3-14-11-9(13)5-8(7-12)6-10(11)16-2/h5-6,14H,3-4,7,12-13H2,1-2H3. The summed E-state index contributed by atoms with van der Waals surface area (Å²) in [5, 5.41) is 3.17. The summed E-state index contributed by atoms with van der Waals surface area (Å²) in [6, 6.07) is 3.73. The van der Waals surface area contributed by atoms with E-state index in [1.807, 2.05) is 12.1 Å². The first-order valence-electron chi connectivity index (χ1n) is 5.12. The van der Waals surface area contributed by atoms with Crippen molar-refractivity contribution in [2.24, 2.45) is 5.73 Å². The van der Waals surface area contributed by atoms with Gasteiger partial charge in [0.15, 0.2) is 0 Å². The molecule has 0 aliphatic heterocycles. The van der Waals surface area contributed by atoms with Crippen molar-refractivity contribution in [1.82, 2.24) is 0 Å². The molecule has 0 fully saturated rings. The molecule has 0 amide bonds. The van der Waals surface area contributed by atoms with E-state index in [1.165, 1.54) is 0 Å². The maximum absolute atomic E-state index is 5.92. The fourth-order valence-electron chi connectivity index (χ4n) is 1.44. The topological polar surface area (TPSA) is 82.5 Å². The Morgan fingerprint density at radius 3 is 2.62 bits per heavy atom. The van der Waals surface area contributed by atoms with Crippen LogP contribution in [0, 0.1) is 0 Å². The third-order valence-electron chi connectivity index (χ3n) is 2.26. The monoisotopic (exact) mass is 225 g/mol. The highest BCUT2D eigenvalue weighted by Crippen LogP contribution is 2.32. The van der Waals surface area contributed by atoms with Crippen molar-refractivity contribution in [3.8, 4) is 5.75 Å². The van der Waals surface area contributed by atoms with Gasteiger partial charge in [-0.25, -0.2) is 0 Å². The summed E-state index contributed by atoms with van der Waals surface area (Å²) in [4.78, 5) is 0. The summed E-state index contributed by atoms with van der Waals surface area (Å²) in [6.45, 7) is 1.74. The Labute approximate surface area is 95.7 Å². The predicted molar refractivity (Wildman–Crippen MR) is 65.7 cm³/mol. The van der Waals surface area contributed by atoms with Crippen LogP contribution in [-0.2, 0) is 11.3 Å². The second-order valence-electron chi connectivity index (χ2n) is 3.39. The van der Waals surface area contributed by atoms with E-state index >= 15 is 0 Å². The summed E-state index contributed by atoms with van der Waals surface area (Å²) in [7, 11) is 3.26. The first-order valence-corrected chi connectivity index (χ1v) is 5.12. The molecule has 0 unspecified atom stereocenters. The fourth-order valence-corrected chi connectivity index (χ4v) is 1.44. The minimum absolute atomic E-state index is 0.443. The van der Waals surface area contributed by atoms with Crippen LogP contribution in [0.1, 0.15) is 5.56 Å². The molecule has 0 bridgehead atoms. The maximum Gasteiger partial charge on any atom is 0.144 e. The van der Waals surface area contributed by atoms with Crippen LogP contribution in [-0.4, -0.2) is 27.4 Å². The first-order chi connectivity index (χ1) is 7.72. The number of hydrogen-bond donors (Lipinski definition) is 3. The second-order valence-corrected chi connectivity index (χ2v) is 3.39. The van der Waals surface area contributed by atoms with E-state index in [1.54, 1.807) is 14.2 Å². The Bertz CT molecular complexity index is 342. The zero-order valence-corrected chi connectivity index (χ0v) is 9.75. The van der Waals surface area contributed by atoms with E-state index in [0.29, 0.717) is 31.1 Å². The summed E-state index contributed by atoms with van der Waals surface area (Å²) in [6.07, 6.45) is 0. The van der Waals surface area contributed by atoms with Crippen molar-refractivity contribution < 1.29 is 9.47 Å². The normalized spacial score (nSPS) is 10.2. The van der Waals surface area contributed by atoms with Crippen molar-refractivity contribution in [2.75, 3.05) is 38.4 Å². The third kappa shape index (κ3) is 3.01. The van der Waals surface area contributed by atoms with Crippen LogP contribution in [0.25, 0.3) is 0 Å². The van der Waals surface area contributed by atoms with Crippen LogP contribution in [0.3, 0.4) is 0 Å². The molecule has 0 atom stereocenters. The molecule has 5 nitrogen and oxygen atoms in total. The van der Waals surface area contributed by atoms with Gasteiger partial charge in [-0.05, 0) is 17.7 Å². The van der Waals surface area contributed by atoms with E-state index < -0.39 is 0 Å². The Kier molecular flexibility index (Phi) is 4.88. The number of nitrogens with one attached hydrogen (secondary N) is 1. The molecule has 0 aliphatic rings. The van der Waals surface area contributed by atoms with E-state index in [-0.39, 0.29) is 0 Å². The van der Waals surface area contributed by atoms with E-state index in [4.69, 9.17) is 20.9 Å². The number of ether oxygens (including phenoxy) is 2. The number of hydrogen-bond acceptors (Lipinski definition) is 5. The SMILES string of the molecule is COCCNc1c(N)cc(CN)cc1OC. The number of nitrogens with two attached hydrogens (primary N) is 2. The van der Waals surface area contributed by atoms with Gasteiger partial charge in [0.2, 0.25) is 0 Å². The Hall–Kier alpha value is -1.46. The smallest absolute Gasteiger partial charge is 0.144 e. The molecule has 90 valence electrons. The van der Waals surface area contributed by atoms with Crippen LogP contribution in [0.15, 0.2) is 12.1 Å². The van der Waals surface area contributed by atoms with Crippen molar-refractivity contribution in [3.63, 3.8) is 0 Å². The quantitative estimate of drug-likeness (QED) is 0.492. The van der Waals surface area contributed by atoms with Crippen molar-refractivity contribution in [3.05, 3.63) is 17.7 Å². The van der Waals surface area contributed by atoms with Gasteiger partial charge in [-0.15, -0.1) is 0 Å². The Morgan fingerprint density at radius 1 is 1.31 bits per heavy atom. The predicted octanol–water partition coefficient (Wildman–Crippen LogP) is 0.794. The molecule has 0 radical (unpaired) electrons. The molecule has 1 aromatic carbocycles. The summed E-state index contributed by atoms with van der Waals surface area (Å²) in [5.41, 5.74) is 13.9. The lowest BCUT2D eigenvalue weighted by atomic mass is 10.1.